The standard InChI is InChI=1S/C46H46N4O4/c1-27-7-11-29(12-8-27)39-31-15-19-35(47-31)41(43-51-23-45(3,4)24-52-43)37-21-17-33(49-37)40(30-13-9-28(2)10-14-30)34-18-22-38(50-34)42(36-20-16-32(39)48-36)44-53-25-46(5,6)26-54-44/h7-22,43-44,47-48H,23-26H2,1-6H3. The molecule has 0 spiro atoms. The molecule has 2 fully saturated rings. The van der Waals surface area contributed by atoms with Gasteiger partial charge in [0.05, 0.1) is 60.3 Å². The summed E-state index contributed by atoms with van der Waals surface area (Å²) in [6.07, 6.45) is 7.09. The highest BCUT2D eigenvalue weighted by Crippen LogP contribution is 2.40. The third-order valence-electron chi connectivity index (χ3n) is 10.5. The van der Waals surface area contributed by atoms with Crippen LogP contribution in [0.4, 0.5) is 0 Å². The summed E-state index contributed by atoms with van der Waals surface area (Å²) in [5, 5.41) is 0. The van der Waals surface area contributed by atoms with Gasteiger partial charge in [0.25, 0.3) is 0 Å². The lowest BCUT2D eigenvalue weighted by atomic mass is 9.95. The van der Waals surface area contributed by atoms with Crippen molar-refractivity contribution in [2.75, 3.05) is 26.4 Å². The zero-order valence-corrected chi connectivity index (χ0v) is 31.7. The van der Waals surface area contributed by atoms with Crippen molar-refractivity contribution >= 4 is 46.4 Å². The van der Waals surface area contributed by atoms with E-state index < -0.39 is 12.6 Å². The lowest BCUT2D eigenvalue weighted by molar-refractivity contribution is -0.225. The Hall–Kier alpha value is -5.12. The first kappa shape index (κ1) is 34.6. The van der Waals surface area contributed by atoms with Crippen molar-refractivity contribution in [1.82, 2.24) is 19.9 Å². The van der Waals surface area contributed by atoms with Gasteiger partial charge < -0.3 is 28.9 Å². The molecule has 2 aromatic carbocycles. The maximum absolute atomic E-state index is 6.47. The molecule has 0 unspecified atom stereocenters. The summed E-state index contributed by atoms with van der Waals surface area (Å²) in [6.45, 7) is 15.1. The van der Waals surface area contributed by atoms with E-state index in [0.717, 1.165) is 78.2 Å². The lowest BCUT2D eigenvalue weighted by Gasteiger charge is -2.34. The number of rotatable bonds is 4. The second-order valence-corrected chi connectivity index (χ2v) is 16.5. The zero-order chi connectivity index (χ0) is 37.2. The minimum absolute atomic E-state index is 0.0914. The van der Waals surface area contributed by atoms with E-state index in [9.17, 15) is 0 Å². The molecule has 0 atom stereocenters. The number of benzene rings is 2. The van der Waals surface area contributed by atoms with E-state index in [0.29, 0.717) is 26.4 Å². The van der Waals surface area contributed by atoms with Crippen LogP contribution >= 0.6 is 0 Å². The molecule has 274 valence electrons. The number of hydrogen-bond acceptors (Lipinski definition) is 6. The van der Waals surface area contributed by atoms with Gasteiger partial charge in [-0.3, -0.25) is 0 Å². The van der Waals surface area contributed by atoms with Gasteiger partial charge in [-0.1, -0.05) is 87.4 Å². The fourth-order valence-electron chi connectivity index (χ4n) is 7.51. The van der Waals surface area contributed by atoms with Crippen LogP contribution in [0.3, 0.4) is 0 Å². The van der Waals surface area contributed by atoms with Crippen molar-refractivity contribution in [2.45, 2.75) is 54.1 Å². The molecule has 2 N–H and O–H groups in total. The minimum atomic E-state index is -0.602. The van der Waals surface area contributed by atoms with Gasteiger partial charge in [-0.15, -0.1) is 0 Å². The Kier molecular flexibility index (Phi) is 8.54. The molecule has 5 aromatic rings. The summed E-state index contributed by atoms with van der Waals surface area (Å²) in [5.41, 5.74) is 14.8. The third-order valence-corrected chi connectivity index (χ3v) is 10.5. The first-order valence-corrected chi connectivity index (χ1v) is 18.8. The number of H-pyrrole nitrogens is 2. The van der Waals surface area contributed by atoms with Crippen LogP contribution in [0.15, 0.2) is 72.8 Å². The van der Waals surface area contributed by atoms with E-state index >= 15 is 0 Å². The quantitative estimate of drug-likeness (QED) is 0.188. The van der Waals surface area contributed by atoms with Crippen LogP contribution in [0.5, 0.6) is 0 Å². The van der Waals surface area contributed by atoms with Gasteiger partial charge in [-0.05, 0) is 73.5 Å². The number of nitrogens with one attached hydrogen (secondary N) is 2. The number of aromatic nitrogens is 4. The molecular weight excluding hydrogens is 673 g/mol. The van der Waals surface area contributed by atoms with E-state index in [1.807, 2.05) is 0 Å². The van der Waals surface area contributed by atoms with Gasteiger partial charge in [-0.25, -0.2) is 9.97 Å². The van der Waals surface area contributed by atoms with Crippen LogP contribution in [0.25, 0.3) is 68.6 Å². The van der Waals surface area contributed by atoms with Crippen LogP contribution in [-0.2, 0) is 18.9 Å². The number of ether oxygens (including phenoxy) is 4. The zero-order valence-electron chi connectivity index (χ0n) is 31.7. The van der Waals surface area contributed by atoms with Gasteiger partial charge in [0.1, 0.15) is 0 Å². The van der Waals surface area contributed by atoms with Crippen molar-refractivity contribution in [3.8, 4) is 22.3 Å². The normalized spacial score (nSPS) is 18.3. The highest BCUT2D eigenvalue weighted by molar-refractivity contribution is 5.95. The number of aryl methyl sites for hydroxylation is 2. The van der Waals surface area contributed by atoms with Gasteiger partial charge in [0.15, 0.2) is 12.6 Å². The molecule has 2 saturated heterocycles. The maximum atomic E-state index is 6.47. The van der Waals surface area contributed by atoms with Crippen LogP contribution in [-0.4, -0.2) is 46.4 Å². The van der Waals surface area contributed by atoms with Crippen LogP contribution in [0.2, 0.25) is 0 Å². The molecule has 4 aliphatic rings. The fourth-order valence-corrected chi connectivity index (χ4v) is 7.51. The number of hydrogen-bond donors (Lipinski definition) is 2. The predicted molar refractivity (Wildman–Crippen MR) is 216 cm³/mol. The molecule has 9 rings (SSSR count). The predicted octanol–water partition coefficient (Wildman–Crippen LogP) is 10.7. The number of fused-ring (bicyclic) bond motifs is 8. The molecule has 8 bridgehead atoms. The van der Waals surface area contributed by atoms with Crippen LogP contribution in [0.1, 0.15) is 85.3 Å². The first-order chi connectivity index (χ1) is 26.0. The highest BCUT2D eigenvalue weighted by Gasteiger charge is 2.33. The smallest absolute Gasteiger partial charge is 0.187 e. The summed E-state index contributed by atoms with van der Waals surface area (Å²) in [7, 11) is 0. The molecule has 8 heteroatoms. The van der Waals surface area contributed by atoms with E-state index in [-0.39, 0.29) is 10.8 Å². The molecule has 0 aliphatic carbocycles. The van der Waals surface area contributed by atoms with Crippen LogP contribution < -0.4 is 0 Å². The average molecular weight is 719 g/mol. The first-order valence-electron chi connectivity index (χ1n) is 18.8. The number of nitrogens with zero attached hydrogens (tertiary/aromatic N) is 2. The Morgan fingerprint density at radius 2 is 0.815 bits per heavy atom. The van der Waals surface area contributed by atoms with Gasteiger partial charge >= 0.3 is 0 Å². The van der Waals surface area contributed by atoms with Crippen LogP contribution in [0, 0.1) is 24.7 Å². The summed E-state index contributed by atoms with van der Waals surface area (Å²) in [6, 6.07) is 25.7. The maximum Gasteiger partial charge on any atom is 0.187 e. The SMILES string of the molecule is Cc1ccc(-c2c3nc(c(C4OCC(C)(C)CO4)c4ccc([nH]4)c(-c4ccc(C)cc4)c4ccc([nH]4)c(C4OCC(C)(C)CO4)c4nc2C=C4)C=C3)cc1. The van der Waals surface area contributed by atoms with E-state index in [4.69, 9.17) is 28.9 Å². The Labute approximate surface area is 315 Å². The van der Waals surface area contributed by atoms with Crippen molar-refractivity contribution in [1.29, 1.82) is 0 Å². The highest BCUT2D eigenvalue weighted by atomic mass is 16.7. The molecule has 3 aromatic heterocycles. The largest absolute Gasteiger partial charge is 0.355 e. The topological polar surface area (TPSA) is 94.3 Å². The summed E-state index contributed by atoms with van der Waals surface area (Å²) < 4.78 is 25.9. The van der Waals surface area contributed by atoms with Gasteiger partial charge in [0, 0.05) is 44.0 Å². The van der Waals surface area contributed by atoms with Crippen molar-refractivity contribution in [2.24, 2.45) is 10.8 Å². The summed E-state index contributed by atoms with van der Waals surface area (Å²) in [4.78, 5) is 18.3. The Bertz CT molecular complexity index is 2340. The molecular formula is C46H46N4O4. The van der Waals surface area contributed by atoms with E-state index in [2.05, 4.69) is 149 Å². The summed E-state index contributed by atoms with van der Waals surface area (Å²) >= 11 is 0. The number of aromatic amines is 2. The molecule has 0 saturated carbocycles. The van der Waals surface area contributed by atoms with E-state index in [1.54, 1.807) is 0 Å². The van der Waals surface area contributed by atoms with E-state index in [1.165, 1.54) is 11.1 Å². The van der Waals surface area contributed by atoms with Gasteiger partial charge in [-0.2, -0.15) is 0 Å². The molecule has 0 amide bonds. The third kappa shape index (κ3) is 6.54. The molecule has 7 heterocycles. The van der Waals surface area contributed by atoms with Crippen molar-refractivity contribution < 1.29 is 18.9 Å². The Morgan fingerprint density at radius 3 is 1.22 bits per heavy atom. The lowest BCUT2D eigenvalue weighted by Crippen LogP contribution is -2.34. The Balaban J connectivity index is 1.39. The second kappa shape index (κ2) is 13.3. The Morgan fingerprint density at radius 1 is 0.463 bits per heavy atom. The van der Waals surface area contributed by atoms with Crippen molar-refractivity contribution in [3.05, 3.63) is 118 Å². The van der Waals surface area contributed by atoms with Gasteiger partial charge in [0.2, 0.25) is 0 Å². The van der Waals surface area contributed by atoms with Crippen molar-refractivity contribution in [3.63, 3.8) is 0 Å². The molecule has 0 radical (unpaired) electrons. The summed E-state index contributed by atoms with van der Waals surface area (Å²) in [5.74, 6) is 0. The molecule has 4 aliphatic heterocycles. The molecule has 54 heavy (non-hydrogen) atoms. The fraction of sp³-hybridized carbons (Fsp3) is 0.304. The second-order valence-electron chi connectivity index (χ2n) is 16.5. The monoisotopic (exact) mass is 718 g/mol. The molecule has 8 nitrogen and oxygen atoms in total. The minimum Gasteiger partial charge on any atom is -0.355 e. The average Bonchev–Trinajstić information content (AvgIpc) is 3.99.